The maximum Gasteiger partial charge on any atom is 0.310 e. The molecule has 1 N–H and O–H groups in total. The Balaban J connectivity index is 1.89. The van der Waals surface area contributed by atoms with Gasteiger partial charge in [0.2, 0.25) is 0 Å². The quantitative estimate of drug-likeness (QED) is 0.617. The molecule has 4 nitrogen and oxygen atoms in total. The molecule has 1 aliphatic heterocycles. The number of rotatable bonds is 10. The lowest BCUT2D eigenvalue weighted by molar-refractivity contribution is -0.139. The van der Waals surface area contributed by atoms with Crippen LogP contribution in [0.2, 0.25) is 0 Å². The molecule has 25 heavy (non-hydrogen) atoms. The summed E-state index contributed by atoms with van der Waals surface area (Å²) in [6.45, 7) is 3.85. The molecule has 4 heteroatoms. The number of benzene rings is 1. The summed E-state index contributed by atoms with van der Waals surface area (Å²) in [6.07, 6.45) is 9.75. The van der Waals surface area contributed by atoms with Crippen LogP contribution in [-0.2, 0) is 4.79 Å². The molecule has 0 saturated carbocycles. The Labute approximate surface area is 151 Å². The van der Waals surface area contributed by atoms with E-state index < -0.39 is 11.9 Å². The van der Waals surface area contributed by atoms with Crippen LogP contribution in [0.5, 0.6) is 0 Å². The lowest BCUT2D eigenvalue weighted by Crippen LogP contribution is -2.27. The van der Waals surface area contributed by atoms with Gasteiger partial charge in [-0.2, -0.15) is 0 Å². The number of carboxylic acid groups (broad SMARTS) is 1. The molecule has 1 unspecified atom stereocenters. The number of hydrogen-bond acceptors (Lipinski definition) is 2. The van der Waals surface area contributed by atoms with E-state index in [0.29, 0.717) is 12.0 Å². The van der Waals surface area contributed by atoms with Gasteiger partial charge in [0.05, 0.1) is 5.92 Å². The van der Waals surface area contributed by atoms with Crippen molar-refractivity contribution in [2.75, 3.05) is 13.1 Å². The van der Waals surface area contributed by atoms with Gasteiger partial charge in [-0.3, -0.25) is 9.59 Å². The molecule has 1 aromatic rings. The summed E-state index contributed by atoms with van der Waals surface area (Å²) < 4.78 is 0. The average molecular weight is 345 g/mol. The van der Waals surface area contributed by atoms with Crippen LogP contribution in [0.1, 0.15) is 86.6 Å². The molecular weight excluding hydrogens is 314 g/mol. The number of carbonyl (C=O) groups is 2. The van der Waals surface area contributed by atoms with Gasteiger partial charge in [0.1, 0.15) is 0 Å². The third-order valence-electron chi connectivity index (χ3n) is 5.10. The molecule has 1 heterocycles. The van der Waals surface area contributed by atoms with Gasteiger partial charge < -0.3 is 10.0 Å². The van der Waals surface area contributed by atoms with Crippen molar-refractivity contribution in [2.45, 2.75) is 70.6 Å². The van der Waals surface area contributed by atoms with Gasteiger partial charge >= 0.3 is 5.97 Å². The summed E-state index contributed by atoms with van der Waals surface area (Å²) in [5.41, 5.74) is 1.47. The number of carbonyl (C=O) groups excluding carboxylic acids is 1. The maximum atomic E-state index is 12.4. The van der Waals surface area contributed by atoms with Crippen LogP contribution >= 0.6 is 0 Å². The Bertz CT molecular complexity index is 547. The van der Waals surface area contributed by atoms with Gasteiger partial charge in [0, 0.05) is 18.7 Å². The van der Waals surface area contributed by atoms with Crippen molar-refractivity contribution in [2.24, 2.45) is 0 Å². The Hall–Kier alpha value is -1.84. The van der Waals surface area contributed by atoms with Crippen molar-refractivity contribution >= 4 is 11.9 Å². The molecule has 1 fully saturated rings. The first-order valence-corrected chi connectivity index (χ1v) is 9.75. The van der Waals surface area contributed by atoms with Crippen LogP contribution in [0.25, 0.3) is 0 Å². The second-order valence-electron chi connectivity index (χ2n) is 7.07. The predicted molar refractivity (Wildman–Crippen MR) is 99.9 cm³/mol. The smallest absolute Gasteiger partial charge is 0.310 e. The van der Waals surface area contributed by atoms with E-state index in [1.165, 1.54) is 25.7 Å². The zero-order chi connectivity index (χ0) is 18.1. The van der Waals surface area contributed by atoms with Crippen LogP contribution in [0.4, 0.5) is 0 Å². The molecule has 2 rings (SSSR count). The zero-order valence-electron chi connectivity index (χ0n) is 15.4. The summed E-state index contributed by atoms with van der Waals surface area (Å²) in [5.74, 6) is -1.18. The maximum absolute atomic E-state index is 12.4. The van der Waals surface area contributed by atoms with Crippen molar-refractivity contribution in [3.63, 3.8) is 0 Å². The second kappa shape index (κ2) is 10.2. The van der Waals surface area contributed by atoms with Crippen molar-refractivity contribution < 1.29 is 14.7 Å². The first-order chi connectivity index (χ1) is 12.1. The molecule has 1 atom stereocenters. The first kappa shape index (κ1) is 19.5. The van der Waals surface area contributed by atoms with E-state index in [0.717, 1.165) is 44.3 Å². The van der Waals surface area contributed by atoms with E-state index in [2.05, 4.69) is 6.92 Å². The van der Waals surface area contributed by atoms with Crippen molar-refractivity contribution in [1.29, 1.82) is 0 Å². The monoisotopic (exact) mass is 345 g/mol. The van der Waals surface area contributed by atoms with E-state index >= 15 is 0 Å². The van der Waals surface area contributed by atoms with Crippen LogP contribution in [-0.4, -0.2) is 35.0 Å². The van der Waals surface area contributed by atoms with Gasteiger partial charge in [-0.05, 0) is 37.0 Å². The number of hydrogen-bond donors (Lipinski definition) is 1. The van der Waals surface area contributed by atoms with Crippen LogP contribution in [0, 0.1) is 0 Å². The van der Waals surface area contributed by atoms with Crippen molar-refractivity contribution in [3.8, 4) is 0 Å². The summed E-state index contributed by atoms with van der Waals surface area (Å²) in [6, 6.07) is 7.21. The predicted octanol–water partition coefficient (Wildman–Crippen LogP) is 4.84. The lowest BCUT2D eigenvalue weighted by Gasteiger charge is -2.16. The van der Waals surface area contributed by atoms with E-state index in [1.54, 1.807) is 12.1 Å². The fraction of sp³-hybridized carbons (Fsp3) is 0.619. The fourth-order valence-corrected chi connectivity index (χ4v) is 3.52. The molecule has 138 valence electrons. The lowest BCUT2D eigenvalue weighted by atomic mass is 9.92. The molecule has 1 amide bonds. The van der Waals surface area contributed by atoms with Gasteiger partial charge in [-0.25, -0.2) is 0 Å². The number of amides is 1. The summed E-state index contributed by atoms with van der Waals surface area (Å²) >= 11 is 0. The minimum Gasteiger partial charge on any atom is -0.481 e. The minimum absolute atomic E-state index is 0.0619. The van der Waals surface area contributed by atoms with Gasteiger partial charge in [0.15, 0.2) is 0 Å². The fourth-order valence-electron chi connectivity index (χ4n) is 3.52. The van der Waals surface area contributed by atoms with E-state index in [1.807, 2.05) is 17.0 Å². The Morgan fingerprint density at radius 1 is 1.00 bits per heavy atom. The normalized spacial score (nSPS) is 15.3. The summed E-state index contributed by atoms with van der Waals surface area (Å²) in [4.78, 5) is 25.9. The number of likely N-dealkylation sites (tertiary alicyclic amines) is 1. The van der Waals surface area contributed by atoms with Gasteiger partial charge in [-0.1, -0.05) is 57.6 Å². The highest BCUT2D eigenvalue weighted by atomic mass is 16.4. The Morgan fingerprint density at radius 2 is 1.60 bits per heavy atom. The first-order valence-electron chi connectivity index (χ1n) is 9.75. The Morgan fingerprint density at radius 3 is 2.20 bits per heavy atom. The molecule has 0 bridgehead atoms. The van der Waals surface area contributed by atoms with Gasteiger partial charge in [-0.15, -0.1) is 0 Å². The molecule has 1 aromatic carbocycles. The second-order valence-corrected chi connectivity index (χ2v) is 7.07. The number of aliphatic carboxylic acids is 1. The minimum atomic E-state index is -0.771. The third kappa shape index (κ3) is 5.87. The third-order valence-corrected chi connectivity index (χ3v) is 5.10. The topological polar surface area (TPSA) is 57.6 Å². The molecule has 1 aliphatic rings. The van der Waals surface area contributed by atoms with E-state index in [-0.39, 0.29) is 5.91 Å². The van der Waals surface area contributed by atoms with Gasteiger partial charge in [0.25, 0.3) is 5.91 Å². The Kier molecular flexibility index (Phi) is 7.96. The molecule has 0 aliphatic carbocycles. The van der Waals surface area contributed by atoms with Crippen molar-refractivity contribution in [1.82, 2.24) is 4.90 Å². The van der Waals surface area contributed by atoms with Crippen LogP contribution < -0.4 is 0 Å². The molecular formula is C21H31NO3. The summed E-state index contributed by atoms with van der Waals surface area (Å²) in [7, 11) is 0. The molecule has 1 saturated heterocycles. The molecule has 0 aromatic heterocycles. The van der Waals surface area contributed by atoms with E-state index in [4.69, 9.17) is 0 Å². The largest absolute Gasteiger partial charge is 0.481 e. The SMILES string of the molecule is CCCCCCCCC(C(=O)O)c1ccc(C(=O)N2CCCC2)cc1. The number of carboxylic acids is 1. The standard InChI is InChI=1S/C21H31NO3/c1-2-3-4-5-6-7-10-19(21(24)25)17-11-13-18(14-12-17)20(23)22-15-8-9-16-22/h11-14,19H,2-10,15-16H2,1H3,(H,24,25). The average Bonchev–Trinajstić information content (AvgIpc) is 3.15. The van der Waals surface area contributed by atoms with Crippen LogP contribution in [0.3, 0.4) is 0 Å². The molecule has 0 spiro atoms. The van der Waals surface area contributed by atoms with Crippen molar-refractivity contribution in [3.05, 3.63) is 35.4 Å². The number of unbranched alkanes of at least 4 members (excludes halogenated alkanes) is 5. The highest BCUT2D eigenvalue weighted by Gasteiger charge is 2.22. The van der Waals surface area contributed by atoms with Crippen LogP contribution in [0.15, 0.2) is 24.3 Å². The molecule has 0 radical (unpaired) electrons. The highest BCUT2D eigenvalue weighted by molar-refractivity contribution is 5.94. The van der Waals surface area contributed by atoms with E-state index in [9.17, 15) is 14.7 Å². The number of nitrogens with zero attached hydrogens (tertiary/aromatic N) is 1. The summed E-state index contributed by atoms with van der Waals surface area (Å²) in [5, 5.41) is 9.54. The highest BCUT2D eigenvalue weighted by Crippen LogP contribution is 2.24. The zero-order valence-corrected chi connectivity index (χ0v) is 15.4.